The summed E-state index contributed by atoms with van der Waals surface area (Å²) in [5.74, 6) is 0. The summed E-state index contributed by atoms with van der Waals surface area (Å²) >= 11 is 6.70. The normalized spacial score (nSPS) is 20.1. The van der Waals surface area contributed by atoms with Crippen LogP contribution in [-0.2, 0) is 9.84 Å². The summed E-state index contributed by atoms with van der Waals surface area (Å²) in [5.41, 5.74) is 0. The molecule has 2 nitrogen and oxygen atoms in total. The van der Waals surface area contributed by atoms with Crippen molar-refractivity contribution in [3.63, 3.8) is 0 Å². The first-order valence-corrected chi connectivity index (χ1v) is 8.22. The van der Waals surface area contributed by atoms with Crippen LogP contribution in [0.3, 0.4) is 0 Å². The molecule has 0 radical (unpaired) electrons. The molecular formula is C12H10Br2O2S. The molecule has 0 saturated carbocycles. The predicted molar refractivity (Wildman–Crippen MR) is 75.9 cm³/mol. The van der Waals surface area contributed by atoms with E-state index in [1.807, 2.05) is 6.08 Å². The van der Waals surface area contributed by atoms with E-state index >= 15 is 0 Å². The first-order chi connectivity index (χ1) is 8.00. The highest BCUT2D eigenvalue weighted by molar-refractivity contribution is 9.10. The Bertz CT molecular complexity index is 571. The van der Waals surface area contributed by atoms with E-state index in [0.717, 1.165) is 4.47 Å². The second-order valence-corrected chi connectivity index (χ2v) is 7.72. The highest BCUT2D eigenvalue weighted by Gasteiger charge is 2.20. The SMILES string of the molecule is O=S(=O)(C1=CCC(Br)C=C1)c1ccc(Br)cc1. The van der Waals surface area contributed by atoms with E-state index in [1.54, 1.807) is 36.4 Å². The number of benzene rings is 1. The molecule has 0 N–H and O–H groups in total. The van der Waals surface area contributed by atoms with Gasteiger partial charge in [-0.2, -0.15) is 0 Å². The minimum absolute atomic E-state index is 0.228. The van der Waals surface area contributed by atoms with E-state index in [9.17, 15) is 8.42 Å². The van der Waals surface area contributed by atoms with Gasteiger partial charge in [0.05, 0.1) is 9.80 Å². The number of alkyl halides is 1. The third-order valence-corrected chi connectivity index (χ3v) is 5.47. The fourth-order valence-electron chi connectivity index (χ4n) is 1.52. The molecule has 1 atom stereocenters. The summed E-state index contributed by atoms with van der Waals surface area (Å²) in [6.07, 6.45) is 5.95. The van der Waals surface area contributed by atoms with Crippen LogP contribution in [0.5, 0.6) is 0 Å². The second kappa shape index (κ2) is 5.08. The van der Waals surface area contributed by atoms with Gasteiger partial charge in [-0.1, -0.05) is 44.0 Å². The van der Waals surface area contributed by atoms with Gasteiger partial charge < -0.3 is 0 Å². The average Bonchev–Trinajstić information content (AvgIpc) is 2.30. The average molecular weight is 378 g/mol. The van der Waals surface area contributed by atoms with Gasteiger partial charge in [0.2, 0.25) is 9.84 Å². The number of sulfone groups is 1. The molecule has 1 aliphatic rings. The Morgan fingerprint density at radius 3 is 2.35 bits per heavy atom. The molecule has 0 fully saturated rings. The lowest BCUT2D eigenvalue weighted by Gasteiger charge is -2.11. The van der Waals surface area contributed by atoms with Crippen LogP contribution in [-0.4, -0.2) is 13.2 Å². The van der Waals surface area contributed by atoms with E-state index in [0.29, 0.717) is 16.2 Å². The molecule has 90 valence electrons. The van der Waals surface area contributed by atoms with Crippen molar-refractivity contribution in [3.8, 4) is 0 Å². The standard InChI is InChI=1S/C12H10Br2O2S/c13-9-1-5-11(6-2-9)17(15,16)12-7-3-10(14)4-8-12/h1-3,5-8,10H,4H2. The molecule has 0 heterocycles. The molecule has 0 amide bonds. The Hall–Kier alpha value is -0.390. The summed E-state index contributed by atoms with van der Waals surface area (Å²) in [4.78, 5) is 0.923. The molecule has 0 aliphatic heterocycles. The summed E-state index contributed by atoms with van der Waals surface area (Å²) < 4.78 is 25.4. The van der Waals surface area contributed by atoms with Crippen LogP contribution in [0.25, 0.3) is 0 Å². The van der Waals surface area contributed by atoms with Crippen molar-refractivity contribution >= 4 is 41.7 Å². The van der Waals surface area contributed by atoms with Crippen LogP contribution in [0, 0.1) is 0 Å². The number of hydrogen-bond donors (Lipinski definition) is 0. The van der Waals surface area contributed by atoms with Crippen molar-refractivity contribution in [1.29, 1.82) is 0 Å². The Kier molecular flexibility index (Phi) is 3.90. The summed E-state index contributed by atoms with van der Waals surface area (Å²) in [5, 5.41) is 0. The third kappa shape index (κ3) is 2.89. The maximum absolute atomic E-state index is 12.3. The topological polar surface area (TPSA) is 34.1 Å². The van der Waals surface area contributed by atoms with Crippen LogP contribution in [0.1, 0.15) is 6.42 Å². The first kappa shape index (κ1) is 13.1. The van der Waals surface area contributed by atoms with Crippen LogP contribution in [0.4, 0.5) is 0 Å². The first-order valence-electron chi connectivity index (χ1n) is 5.03. The highest BCUT2D eigenvalue weighted by atomic mass is 79.9. The lowest BCUT2D eigenvalue weighted by Crippen LogP contribution is -2.07. The van der Waals surface area contributed by atoms with Crippen LogP contribution >= 0.6 is 31.9 Å². The van der Waals surface area contributed by atoms with Crippen molar-refractivity contribution in [2.24, 2.45) is 0 Å². The van der Waals surface area contributed by atoms with Gasteiger partial charge in [0, 0.05) is 9.30 Å². The van der Waals surface area contributed by atoms with Crippen LogP contribution in [0.2, 0.25) is 0 Å². The van der Waals surface area contributed by atoms with E-state index in [4.69, 9.17) is 0 Å². The monoisotopic (exact) mass is 376 g/mol. The molecule has 17 heavy (non-hydrogen) atoms. The summed E-state index contributed by atoms with van der Waals surface area (Å²) in [6, 6.07) is 6.67. The van der Waals surface area contributed by atoms with Gasteiger partial charge in [0.15, 0.2) is 0 Å². The Labute approximate surface area is 118 Å². The molecule has 0 saturated heterocycles. The largest absolute Gasteiger partial charge is 0.219 e. The minimum atomic E-state index is -3.37. The molecule has 0 aromatic heterocycles. The predicted octanol–water partition coefficient (Wildman–Crippen LogP) is 3.83. The molecule has 1 aromatic carbocycles. The van der Waals surface area contributed by atoms with Crippen LogP contribution in [0.15, 0.2) is 56.8 Å². The molecule has 0 bridgehead atoms. The third-order valence-electron chi connectivity index (χ3n) is 2.45. The Morgan fingerprint density at radius 2 is 1.82 bits per heavy atom. The fourth-order valence-corrected chi connectivity index (χ4v) is 3.47. The maximum Gasteiger partial charge on any atom is 0.206 e. The van der Waals surface area contributed by atoms with Gasteiger partial charge in [-0.25, -0.2) is 8.42 Å². The maximum atomic E-state index is 12.3. The number of halogens is 2. The molecule has 5 heteroatoms. The minimum Gasteiger partial charge on any atom is -0.219 e. The van der Waals surface area contributed by atoms with E-state index in [1.165, 1.54) is 0 Å². The van der Waals surface area contributed by atoms with Crippen molar-refractivity contribution in [1.82, 2.24) is 0 Å². The van der Waals surface area contributed by atoms with Crippen molar-refractivity contribution < 1.29 is 8.42 Å². The van der Waals surface area contributed by atoms with Crippen molar-refractivity contribution in [2.75, 3.05) is 0 Å². The van der Waals surface area contributed by atoms with Gasteiger partial charge in [0.25, 0.3) is 0 Å². The van der Waals surface area contributed by atoms with Gasteiger partial charge >= 0.3 is 0 Å². The van der Waals surface area contributed by atoms with Gasteiger partial charge in [-0.05, 0) is 36.8 Å². The molecule has 1 aromatic rings. The smallest absolute Gasteiger partial charge is 0.206 e. The molecule has 0 spiro atoms. The van der Waals surface area contributed by atoms with Crippen molar-refractivity contribution in [2.45, 2.75) is 16.1 Å². The second-order valence-electron chi connectivity index (χ2n) is 3.67. The van der Waals surface area contributed by atoms with Gasteiger partial charge in [-0.15, -0.1) is 0 Å². The zero-order valence-corrected chi connectivity index (χ0v) is 12.8. The number of hydrogen-bond acceptors (Lipinski definition) is 2. The van der Waals surface area contributed by atoms with E-state index in [2.05, 4.69) is 31.9 Å². The number of allylic oxidation sites excluding steroid dienone is 3. The zero-order chi connectivity index (χ0) is 12.5. The Balaban J connectivity index is 2.38. The van der Waals surface area contributed by atoms with E-state index in [-0.39, 0.29) is 4.83 Å². The van der Waals surface area contributed by atoms with E-state index < -0.39 is 9.84 Å². The molecular weight excluding hydrogens is 368 g/mol. The van der Waals surface area contributed by atoms with Crippen molar-refractivity contribution in [3.05, 3.63) is 51.9 Å². The molecule has 1 aliphatic carbocycles. The van der Waals surface area contributed by atoms with Gasteiger partial charge in [-0.3, -0.25) is 0 Å². The quantitative estimate of drug-likeness (QED) is 0.734. The summed E-state index contributed by atoms with van der Waals surface area (Å²) in [6.45, 7) is 0. The highest BCUT2D eigenvalue weighted by Crippen LogP contribution is 2.26. The molecule has 1 unspecified atom stereocenters. The van der Waals surface area contributed by atoms with Crippen LogP contribution < -0.4 is 0 Å². The Morgan fingerprint density at radius 1 is 1.18 bits per heavy atom. The molecule has 2 rings (SSSR count). The summed E-state index contributed by atoms with van der Waals surface area (Å²) in [7, 11) is -3.37. The van der Waals surface area contributed by atoms with Gasteiger partial charge in [0.1, 0.15) is 0 Å². The number of rotatable bonds is 2. The lowest BCUT2D eigenvalue weighted by molar-refractivity contribution is 0.602. The fraction of sp³-hybridized carbons (Fsp3) is 0.167. The lowest BCUT2D eigenvalue weighted by atomic mass is 10.2. The zero-order valence-electron chi connectivity index (χ0n) is 8.81.